The predicted octanol–water partition coefficient (Wildman–Crippen LogP) is 1.64. The summed E-state index contributed by atoms with van der Waals surface area (Å²) in [4.78, 5) is 19.3. The first-order chi connectivity index (χ1) is 15.7. The minimum atomic E-state index is -3.92. The van der Waals surface area contributed by atoms with Crippen molar-refractivity contribution >= 4 is 27.6 Å². The number of carbonyl (C=O) groups is 1. The summed E-state index contributed by atoms with van der Waals surface area (Å²) in [5.74, 6) is 0.857. The van der Waals surface area contributed by atoms with E-state index in [9.17, 15) is 13.2 Å². The maximum Gasteiger partial charge on any atom is 0.243 e. The molecule has 0 aromatic heterocycles. The predicted molar refractivity (Wildman–Crippen MR) is 131 cm³/mol. The zero-order valence-electron chi connectivity index (χ0n) is 19.7. The Balaban J connectivity index is 1.79. The lowest BCUT2D eigenvalue weighted by Gasteiger charge is -2.34. The monoisotopic (exact) mass is 478 g/mol. The number of para-hydroxylation sites is 1. The normalized spacial score (nSPS) is 19.9. The van der Waals surface area contributed by atoms with E-state index in [0.717, 1.165) is 31.2 Å². The fraction of sp³-hybridized carbons (Fsp3) is 0.652. The van der Waals surface area contributed by atoms with E-state index in [0.29, 0.717) is 56.5 Å². The van der Waals surface area contributed by atoms with Gasteiger partial charge in [-0.1, -0.05) is 32.4 Å². The van der Waals surface area contributed by atoms with Crippen molar-refractivity contribution in [3.05, 3.63) is 23.8 Å². The molecule has 0 aliphatic carbocycles. The first-order valence-electron chi connectivity index (χ1n) is 11.9. The Morgan fingerprint density at radius 3 is 2.70 bits per heavy atom. The number of anilines is 1. The largest absolute Gasteiger partial charge is 0.383 e. The number of fused-ring (bicyclic) bond motifs is 1. The van der Waals surface area contributed by atoms with Crippen LogP contribution in [0.5, 0.6) is 0 Å². The van der Waals surface area contributed by atoms with Gasteiger partial charge < -0.3 is 21.7 Å². The minimum absolute atomic E-state index is 0.0173. The molecule has 1 amide bonds. The lowest BCUT2D eigenvalue weighted by Crippen LogP contribution is -2.50. The standard InChI is InChI=1S/C23H38N6O3S/c1-3-17-9-12-29(13-10-17)22(30)19(7-5-11-26-23(24)25)28-33(31,32)20-8-4-6-18-14-16(2)15-27-21(18)20/h4,6,8,16-17,19,27-28H,3,5,7,9-15H2,1-2H3,(H4,24,25,26). The molecular formula is C23H38N6O3S. The molecule has 2 heterocycles. The van der Waals surface area contributed by atoms with Crippen molar-refractivity contribution in [1.82, 2.24) is 9.62 Å². The number of piperidine rings is 1. The highest BCUT2D eigenvalue weighted by molar-refractivity contribution is 7.89. The van der Waals surface area contributed by atoms with Gasteiger partial charge in [-0.25, -0.2) is 8.42 Å². The highest BCUT2D eigenvalue weighted by Gasteiger charge is 2.33. The van der Waals surface area contributed by atoms with Gasteiger partial charge in [0.25, 0.3) is 0 Å². The maximum absolute atomic E-state index is 13.4. The van der Waals surface area contributed by atoms with Crippen LogP contribution in [0, 0.1) is 11.8 Å². The topological polar surface area (TPSA) is 143 Å². The summed E-state index contributed by atoms with van der Waals surface area (Å²) in [6.45, 7) is 6.66. The van der Waals surface area contributed by atoms with Crippen LogP contribution >= 0.6 is 0 Å². The Morgan fingerprint density at radius 1 is 1.30 bits per heavy atom. The number of carbonyl (C=O) groups excluding carboxylic acids is 1. The highest BCUT2D eigenvalue weighted by atomic mass is 32.2. The smallest absolute Gasteiger partial charge is 0.243 e. The molecule has 2 unspecified atom stereocenters. The SMILES string of the molecule is CCC1CCN(C(=O)C(CCCN=C(N)N)NS(=O)(=O)c2cccc3c2NCC(C)C3)CC1. The number of guanidine groups is 1. The molecule has 3 rings (SSSR count). The van der Waals surface area contributed by atoms with Gasteiger partial charge in [0.2, 0.25) is 15.9 Å². The molecule has 1 fully saturated rings. The number of amides is 1. The molecule has 9 nitrogen and oxygen atoms in total. The third-order valence-corrected chi connectivity index (χ3v) is 8.16. The van der Waals surface area contributed by atoms with E-state index in [4.69, 9.17) is 11.5 Å². The van der Waals surface area contributed by atoms with E-state index in [1.54, 1.807) is 17.0 Å². The molecule has 1 aromatic rings. The first kappa shape index (κ1) is 25.3. The maximum atomic E-state index is 13.4. The molecule has 2 aliphatic heterocycles. The molecule has 33 heavy (non-hydrogen) atoms. The van der Waals surface area contributed by atoms with Crippen LogP contribution in [0.2, 0.25) is 0 Å². The van der Waals surface area contributed by atoms with Gasteiger partial charge in [-0.3, -0.25) is 9.79 Å². The lowest BCUT2D eigenvalue weighted by molar-refractivity contribution is -0.134. The Kier molecular flexibility index (Phi) is 8.58. The molecule has 1 saturated heterocycles. The van der Waals surface area contributed by atoms with Crippen molar-refractivity contribution in [2.24, 2.45) is 28.3 Å². The number of sulfonamides is 1. The summed E-state index contributed by atoms with van der Waals surface area (Å²) in [5, 5.41) is 3.27. The zero-order chi connectivity index (χ0) is 24.0. The number of nitrogens with two attached hydrogens (primary N) is 2. The summed E-state index contributed by atoms with van der Waals surface area (Å²) < 4.78 is 29.6. The molecule has 184 valence electrons. The third kappa shape index (κ3) is 6.60. The molecule has 0 bridgehead atoms. The van der Waals surface area contributed by atoms with Crippen LogP contribution in [0.1, 0.15) is 51.5 Å². The van der Waals surface area contributed by atoms with Crippen molar-refractivity contribution in [2.75, 3.05) is 31.5 Å². The number of rotatable bonds is 9. The summed E-state index contributed by atoms with van der Waals surface area (Å²) in [6.07, 6.45) is 4.63. The van der Waals surface area contributed by atoms with Gasteiger partial charge in [0.05, 0.1) is 5.69 Å². The molecule has 1 aromatic carbocycles. The molecule has 6 N–H and O–H groups in total. The fourth-order valence-electron chi connectivity index (χ4n) is 4.66. The second-order valence-electron chi connectivity index (χ2n) is 9.28. The van der Waals surface area contributed by atoms with Crippen molar-refractivity contribution in [1.29, 1.82) is 0 Å². The van der Waals surface area contributed by atoms with Crippen LogP contribution in [0.15, 0.2) is 28.1 Å². The molecule has 0 saturated carbocycles. The first-order valence-corrected chi connectivity index (χ1v) is 13.4. The Labute approximate surface area is 197 Å². The summed E-state index contributed by atoms with van der Waals surface area (Å²) >= 11 is 0. The average molecular weight is 479 g/mol. The van der Waals surface area contributed by atoms with Crippen LogP contribution < -0.4 is 21.5 Å². The number of benzene rings is 1. The lowest BCUT2D eigenvalue weighted by atomic mass is 9.94. The van der Waals surface area contributed by atoms with Crippen LogP contribution in [0.4, 0.5) is 5.69 Å². The molecular weight excluding hydrogens is 440 g/mol. The van der Waals surface area contributed by atoms with Crippen molar-refractivity contribution in [3.63, 3.8) is 0 Å². The summed E-state index contributed by atoms with van der Waals surface area (Å²) in [7, 11) is -3.92. The van der Waals surface area contributed by atoms with Gasteiger partial charge in [-0.05, 0) is 55.6 Å². The summed E-state index contributed by atoms with van der Waals surface area (Å²) in [5.41, 5.74) is 12.4. The number of nitrogens with one attached hydrogen (secondary N) is 2. The van der Waals surface area contributed by atoms with Crippen LogP contribution in [0.3, 0.4) is 0 Å². The van der Waals surface area contributed by atoms with Crippen molar-refractivity contribution in [2.45, 2.75) is 63.3 Å². The van der Waals surface area contributed by atoms with Gasteiger partial charge in [0.15, 0.2) is 5.96 Å². The quantitative estimate of drug-likeness (QED) is 0.241. The summed E-state index contributed by atoms with van der Waals surface area (Å²) in [6, 6.07) is 4.45. The zero-order valence-corrected chi connectivity index (χ0v) is 20.5. The van der Waals surface area contributed by atoms with Gasteiger partial charge in [0.1, 0.15) is 10.9 Å². The van der Waals surface area contributed by atoms with Gasteiger partial charge in [-0.2, -0.15) is 4.72 Å². The highest BCUT2D eigenvalue weighted by Crippen LogP contribution is 2.31. The van der Waals surface area contributed by atoms with Gasteiger partial charge in [-0.15, -0.1) is 0 Å². The second-order valence-corrected chi connectivity index (χ2v) is 11.0. The number of nitrogens with zero attached hydrogens (tertiary/aromatic N) is 2. The van der Waals surface area contributed by atoms with E-state index in [-0.39, 0.29) is 16.8 Å². The molecule has 10 heteroatoms. The van der Waals surface area contributed by atoms with E-state index in [1.165, 1.54) is 0 Å². The molecule has 0 radical (unpaired) electrons. The Bertz CT molecular complexity index is 953. The van der Waals surface area contributed by atoms with Crippen LogP contribution in [0.25, 0.3) is 0 Å². The fourth-order valence-corrected chi connectivity index (χ4v) is 6.11. The van der Waals surface area contributed by atoms with Crippen LogP contribution in [-0.4, -0.2) is 57.4 Å². The minimum Gasteiger partial charge on any atom is -0.383 e. The van der Waals surface area contributed by atoms with E-state index < -0.39 is 16.1 Å². The van der Waals surface area contributed by atoms with Gasteiger partial charge in [0, 0.05) is 26.2 Å². The Hall–Kier alpha value is -2.33. The number of likely N-dealkylation sites (tertiary alicyclic amines) is 1. The van der Waals surface area contributed by atoms with Crippen molar-refractivity contribution < 1.29 is 13.2 Å². The van der Waals surface area contributed by atoms with Crippen molar-refractivity contribution in [3.8, 4) is 0 Å². The third-order valence-electron chi connectivity index (χ3n) is 6.64. The van der Waals surface area contributed by atoms with E-state index in [2.05, 4.69) is 28.9 Å². The van der Waals surface area contributed by atoms with E-state index in [1.807, 2.05) is 6.07 Å². The number of hydrogen-bond donors (Lipinski definition) is 4. The van der Waals surface area contributed by atoms with Gasteiger partial charge >= 0.3 is 0 Å². The molecule has 2 atom stereocenters. The van der Waals surface area contributed by atoms with E-state index >= 15 is 0 Å². The molecule has 2 aliphatic rings. The molecule has 0 spiro atoms. The average Bonchev–Trinajstić information content (AvgIpc) is 2.79. The second kappa shape index (κ2) is 11.2. The number of aliphatic imine (C=N–C) groups is 1. The van der Waals surface area contributed by atoms with Crippen LogP contribution in [-0.2, 0) is 21.2 Å². The Morgan fingerprint density at radius 2 is 2.03 bits per heavy atom. The number of hydrogen-bond acceptors (Lipinski definition) is 5.